The molecule has 0 amide bonds. The second-order valence-electron chi connectivity index (χ2n) is 6.76. The lowest BCUT2D eigenvalue weighted by atomic mass is 10.2. The number of hydrogen-bond donors (Lipinski definition) is 2. The number of ether oxygens (including phenoxy) is 2. The maximum Gasteiger partial charge on any atom is 0.191 e. The molecule has 6 nitrogen and oxygen atoms in total. The Morgan fingerprint density at radius 3 is 2.52 bits per heavy atom. The molecule has 0 bridgehead atoms. The Morgan fingerprint density at radius 2 is 1.86 bits per heavy atom. The number of nitrogens with one attached hydrogen (secondary N) is 2. The minimum Gasteiger partial charge on any atom is -0.497 e. The van der Waals surface area contributed by atoms with Crippen LogP contribution in [0.1, 0.15) is 42.5 Å². The number of benzene rings is 1. The van der Waals surface area contributed by atoms with Crippen molar-refractivity contribution in [3.05, 3.63) is 45.9 Å². The van der Waals surface area contributed by atoms with Gasteiger partial charge in [-0.15, -0.1) is 11.3 Å². The summed E-state index contributed by atoms with van der Waals surface area (Å²) < 4.78 is 10.6. The van der Waals surface area contributed by atoms with E-state index in [-0.39, 0.29) is 0 Å². The van der Waals surface area contributed by atoms with Crippen molar-refractivity contribution in [1.82, 2.24) is 15.6 Å². The van der Waals surface area contributed by atoms with Crippen molar-refractivity contribution in [2.45, 2.75) is 46.1 Å². The van der Waals surface area contributed by atoms with Crippen LogP contribution in [0.5, 0.6) is 5.75 Å². The first-order valence-electron chi connectivity index (χ1n) is 10.3. The highest BCUT2D eigenvalue weighted by Crippen LogP contribution is 2.12. The normalized spacial score (nSPS) is 11.5. The Balaban J connectivity index is 1.77. The summed E-state index contributed by atoms with van der Waals surface area (Å²) in [6, 6.07) is 8.03. The van der Waals surface area contributed by atoms with E-state index in [1.807, 2.05) is 38.1 Å². The number of aromatic nitrogens is 1. The summed E-state index contributed by atoms with van der Waals surface area (Å²) in [7, 11) is 1.68. The van der Waals surface area contributed by atoms with E-state index in [1.54, 1.807) is 18.4 Å². The number of unbranched alkanes of at least 4 members (excludes halogenated alkanes) is 1. The number of aliphatic imine (C=N–C) groups is 1. The van der Waals surface area contributed by atoms with Crippen LogP contribution in [0.2, 0.25) is 0 Å². The molecule has 0 unspecified atom stereocenters. The standard InChI is InChI=1S/C22H34N4O2S/c1-4-28-15-7-14-24-22(25-16-19-9-11-20(27-3)12-10-19)23-13-6-5-8-21-26-18(2)17-29-21/h9-12,17H,4-8,13-16H2,1-3H3,(H2,23,24,25). The molecule has 0 atom stereocenters. The lowest BCUT2D eigenvalue weighted by Crippen LogP contribution is -2.38. The van der Waals surface area contributed by atoms with Crippen molar-refractivity contribution in [1.29, 1.82) is 0 Å². The molecule has 0 saturated carbocycles. The van der Waals surface area contributed by atoms with Gasteiger partial charge in [0.2, 0.25) is 0 Å². The van der Waals surface area contributed by atoms with Crippen molar-refractivity contribution in [2.75, 3.05) is 33.4 Å². The molecule has 0 fully saturated rings. The van der Waals surface area contributed by atoms with Gasteiger partial charge < -0.3 is 20.1 Å². The van der Waals surface area contributed by atoms with Crippen LogP contribution in [-0.2, 0) is 17.7 Å². The Morgan fingerprint density at radius 1 is 1.10 bits per heavy atom. The van der Waals surface area contributed by atoms with E-state index in [9.17, 15) is 0 Å². The molecule has 0 aliphatic heterocycles. The van der Waals surface area contributed by atoms with Crippen LogP contribution in [0.4, 0.5) is 0 Å². The van der Waals surface area contributed by atoms with Crippen molar-refractivity contribution >= 4 is 17.3 Å². The van der Waals surface area contributed by atoms with Crippen LogP contribution in [0.25, 0.3) is 0 Å². The molecule has 0 radical (unpaired) electrons. The molecule has 1 heterocycles. The average molecular weight is 419 g/mol. The van der Waals surface area contributed by atoms with E-state index in [1.165, 1.54) is 5.01 Å². The van der Waals surface area contributed by atoms with Crippen LogP contribution < -0.4 is 15.4 Å². The van der Waals surface area contributed by atoms with Gasteiger partial charge in [0.1, 0.15) is 5.75 Å². The number of rotatable bonds is 13. The summed E-state index contributed by atoms with van der Waals surface area (Å²) in [4.78, 5) is 9.25. The number of guanidine groups is 1. The SMILES string of the molecule is CCOCCCNC(=NCc1ccc(OC)cc1)NCCCCc1nc(C)cs1. The second-order valence-corrected chi connectivity index (χ2v) is 7.70. The van der Waals surface area contributed by atoms with Crippen LogP contribution in [0, 0.1) is 6.92 Å². The zero-order chi connectivity index (χ0) is 20.7. The number of thiazole rings is 1. The van der Waals surface area contributed by atoms with Crippen molar-refractivity contribution < 1.29 is 9.47 Å². The van der Waals surface area contributed by atoms with Crippen molar-refractivity contribution in [2.24, 2.45) is 4.99 Å². The van der Waals surface area contributed by atoms with E-state index < -0.39 is 0 Å². The molecule has 160 valence electrons. The average Bonchev–Trinajstić information content (AvgIpc) is 3.16. The molecular weight excluding hydrogens is 384 g/mol. The van der Waals surface area contributed by atoms with Gasteiger partial charge >= 0.3 is 0 Å². The lowest BCUT2D eigenvalue weighted by molar-refractivity contribution is 0.145. The monoisotopic (exact) mass is 418 g/mol. The number of aryl methyl sites for hydroxylation is 2. The van der Waals surface area contributed by atoms with Gasteiger partial charge in [-0.05, 0) is 57.2 Å². The largest absolute Gasteiger partial charge is 0.497 e. The zero-order valence-electron chi connectivity index (χ0n) is 17.9. The molecule has 0 saturated heterocycles. The van der Waals surface area contributed by atoms with Gasteiger partial charge in [0.05, 0.1) is 18.7 Å². The smallest absolute Gasteiger partial charge is 0.191 e. The summed E-state index contributed by atoms with van der Waals surface area (Å²) in [5.41, 5.74) is 2.27. The van der Waals surface area contributed by atoms with Gasteiger partial charge in [-0.2, -0.15) is 0 Å². The van der Waals surface area contributed by atoms with Crippen LogP contribution in [0.3, 0.4) is 0 Å². The van der Waals surface area contributed by atoms with E-state index in [2.05, 4.69) is 21.0 Å². The summed E-state index contributed by atoms with van der Waals surface area (Å²) in [6.45, 7) is 7.95. The molecule has 7 heteroatoms. The van der Waals surface area contributed by atoms with Crippen LogP contribution in [0.15, 0.2) is 34.6 Å². The minimum atomic E-state index is 0.628. The number of nitrogens with zero attached hydrogens (tertiary/aromatic N) is 2. The maximum absolute atomic E-state index is 5.41. The highest BCUT2D eigenvalue weighted by Gasteiger charge is 2.02. The predicted octanol–water partition coefficient (Wildman–Crippen LogP) is 3.94. The summed E-state index contributed by atoms with van der Waals surface area (Å²) in [6.07, 6.45) is 4.21. The minimum absolute atomic E-state index is 0.628. The third kappa shape index (κ3) is 9.76. The maximum atomic E-state index is 5.41. The van der Waals surface area contributed by atoms with E-state index in [4.69, 9.17) is 14.5 Å². The van der Waals surface area contributed by atoms with Crippen LogP contribution >= 0.6 is 11.3 Å². The highest BCUT2D eigenvalue weighted by molar-refractivity contribution is 7.09. The van der Waals surface area contributed by atoms with E-state index in [0.29, 0.717) is 6.54 Å². The topological polar surface area (TPSA) is 67.8 Å². The summed E-state index contributed by atoms with van der Waals surface area (Å²) >= 11 is 1.75. The Bertz CT molecular complexity index is 716. The van der Waals surface area contributed by atoms with E-state index >= 15 is 0 Å². The molecule has 0 spiro atoms. The summed E-state index contributed by atoms with van der Waals surface area (Å²) in [5, 5.41) is 10.2. The molecular formula is C22H34N4O2S. The third-order valence-corrected chi connectivity index (χ3v) is 5.34. The fourth-order valence-corrected chi connectivity index (χ4v) is 3.54. The van der Waals surface area contributed by atoms with Crippen molar-refractivity contribution in [3.8, 4) is 5.75 Å². The molecule has 0 aliphatic carbocycles. The Kier molecular flexibility index (Phi) is 11.1. The molecule has 1 aromatic carbocycles. The Hall–Kier alpha value is -2.12. The molecule has 1 aromatic heterocycles. The zero-order valence-corrected chi connectivity index (χ0v) is 18.7. The predicted molar refractivity (Wildman–Crippen MR) is 121 cm³/mol. The van der Waals surface area contributed by atoms with Gasteiger partial charge in [-0.1, -0.05) is 12.1 Å². The van der Waals surface area contributed by atoms with Gasteiger partial charge in [0.15, 0.2) is 5.96 Å². The molecule has 2 N–H and O–H groups in total. The molecule has 29 heavy (non-hydrogen) atoms. The lowest BCUT2D eigenvalue weighted by Gasteiger charge is -2.13. The van der Waals surface area contributed by atoms with Gasteiger partial charge in [0.25, 0.3) is 0 Å². The fourth-order valence-electron chi connectivity index (χ4n) is 2.73. The third-order valence-electron chi connectivity index (χ3n) is 4.32. The van der Waals surface area contributed by atoms with Gasteiger partial charge in [0, 0.05) is 37.4 Å². The van der Waals surface area contributed by atoms with Gasteiger partial charge in [-0.25, -0.2) is 9.98 Å². The van der Waals surface area contributed by atoms with Gasteiger partial charge in [-0.3, -0.25) is 0 Å². The molecule has 2 rings (SSSR count). The number of hydrogen-bond acceptors (Lipinski definition) is 5. The summed E-state index contributed by atoms with van der Waals surface area (Å²) in [5.74, 6) is 1.71. The second kappa shape index (κ2) is 14.0. The quantitative estimate of drug-likeness (QED) is 0.293. The van der Waals surface area contributed by atoms with Crippen molar-refractivity contribution in [3.63, 3.8) is 0 Å². The number of methoxy groups -OCH3 is 1. The fraction of sp³-hybridized carbons (Fsp3) is 0.545. The Labute approximate surface area is 178 Å². The molecule has 0 aliphatic rings. The first kappa shape index (κ1) is 23.2. The first-order chi connectivity index (χ1) is 14.2. The van der Waals surface area contributed by atoms with Crippen LogP contribution in [-0.4, -0.2) is 44.4 Å². The highest BCUT2D eigenvalue weighted by atomic mass is 32.1. The first-order valence-corrected chi connectivity index (χ1v) is 11.2. The molecule has 2 aromatic rings. The van der Waals surface area contributed by atoms with E-state index in [0.717, 1.165) is 75.0 Å².